The van der Waals surface area contributed by atoms with Gasteiger partial charge in [-0.05, 0) is 26.0 Å². The first-order valence-electron chi connectivity index (χ1n) is 4.83. The highest BCUT2D eigenvalue weighted by Crippen LogP contribution is 2.15. The minimum absolute atomic E-state index is 0.0935. The third-order valence-electron chi connectivity index (χ3n) is 2.15. The van der Waals surface area contributed by atoms with Crippen LogP contribution in [0.2, 0.25) is 0 Å². The molecule has 0 atom stereocenters. The van der Waals surface area contributed by atoms with Crippen molar-refractivity contribution in [3.63, 3.8) is 0 Å². The number of oxazole rings is 1. The lowest BCUT2D eigenvalue weighted by Gasteiger charge is -2.02. The maximum absolute atomic E-state index is 13.1. The molecule has 0 aliphatic rings. The van der Waals surface area contributed by atoms with Crippen molar-refractivity contribution < 1.29 is 13.5 Å². The van der Waals surface area contributed by atoms with Gasteiger partial charge in [0.1, 0.15) is 5.76 Å². The third-order valence-corrected chi connectivity index (χ3v) is 2.15. The second-order valence-corrected chi connectivity index (χ2v) is 3.33. The molecule has 0 saturated heterocycles. The maximum Gasteiger partial charge on any atom is 0.255 e. The summed E-state index contributed by atoms with van der Waals surface area (Å²) in [5, 5.41) is 0. The fourth-order valence-electron chi connectivity index (χ4n) is 1.22. The van der Waals surface area contributed by atoms with E-state index < -0.39 is 5.95 Å². The molecule has 0 radical (unpaired) electrons. The zero-order valence-corrected chi connectivity index (χ0v) is 9.03. The Bertz CT molecular complexity index is 477. The van der Waals surface area contributed by atoms with Gasteiger partial charge in [-0.2, -0.15) is 4.39 Å². The molecule has 0 amide bonds. The fraction of sp³-hybridized carbons (Fsp3) is 0.273. The second kappa shape index (κ2) is 4.30. The van der Waals surface area contributed by atoms with Gasteiger partial charge in [0.15, 0.2) is 12.4 Å². The molecule has 0 unspecified atom stereocenters. The lowest BCUT2D eigenvalue weighted by molar-refractivity contribution is 0.247. The molecular weight excluding hydrogens is 211 g/mol. The second-order valence-electron chi connectivity index (χ2n) is 3.33. The number of hydrogen-bond acceptors (Lipinski definition) is 4. The smallest absolute Gasteiger partial charge is 0.255 e. The molecule has 0 N–H and O–H groups in total. The summed E-state index contributed by atoms with van der Waals surface area (Å²) in [6.07, 6.45) is 1.36. The van der Waals surface area contributed by atoms with E-state index in [-0.39, 0.29) is 12.4 Å². The summed E-state index contributed by atoms with van der Waals surface area (Å²) in [6, 6.07) is 3.11. The molecular formula is C11H11FN2O2. The van der Waals surface area contributed by atoms with Crippen LogP contribution in [0.5, 0.6) is 5.75 Å². The molecule has 2 rings (SSSR count). The van der Waals surface area contributed by atoms with E-state index >= 15 is 0 Å². The predicted molar refractivity (Wildman–Crippen MR) is 54.5 cm³/mol. The number of ether oxygens (including phenoxy) is 1. The molecule has 16 heavy (non-hydrogen) atoms. The summed E-state index contributed by atoms with van der Waals surface area (Å²) in [5.41, 5.74) is 0.810. The summed E-state index contributed by atoms with van der Waals surface area (Å²) in [6.45, 7) is 3.75. The molecule has 0 aromatic carbocycles. The van der Waals surface area contributed by atoms with E-state index in [1.54, 1.807) is 6.07 Å². The van der Waals surface area contributed by atoms with Crippen LogP contribution in [0.1, 0.15) is 17.3 Å². The Labute approximate surface area is 92.1 Å². The normalized spacial score (nSPS) is 10.4. The monoisotopic (exact) mass is 222 g/mol. The molecule has 4 nitrogen and oxygen atoms in total. The van der Waals surface area contributed by atoms with Crippen LogP contribution in [0.4, 0.5) is 4.39 Å². The Hall–Kier alpha value is -1.91. The van der Waals surface area contributed by atoms with Crippen molar-refractivity contribution in [2.45, 2.75) is 20.5 Å². The Kier molecular flexibility index (Phi) is 2.85. The van der Waals surface area contributed by atoms with Gasteiger partial charge in [-0.25, -0.2) is 9.97 Å². The van der Waals surface area contributed by atoms with Crippen LogP contribution < -0.4 is 4.74 Å². The van der Waals surface area contributed by atoms with Gasteiger partial charge in [0, 0.05) is 6.20 Å². The number of hydrogen-bond donors (Lipinski definition) is 0. The maximum atomic E-state index is 13.1. The van der Waals surface area contributed by atoms with Crippen LogP contribution in [0, 0.1) is 19.8 Å². The Morgan fingerprint density at radius 1 is 1.44 bits per heavy atom. The molecule has 0 fully saturated rings. The SMILES string of the molecule is Cc1nc(COc2cccnc2F)oc1C. The molecule has 2 aromatic rings. The van der Waals surface area contributed by atoms with Gasteiger partial charge in [-0.1, -0.05) is 0 Å². The number of aryl methyl sites for hydroxylation is 2. The van der Waals surface area contributed by atoms with Crippen molar-refractivity contribution >= 4 is 0 Å². The topological polar surface area (TPSA) is 48.2 Å². The summed E-state index contributed by atoms with van der Waals surface area (Å²) in [7, 11) is 0. The summed E-state index contributed by atoms with van der Waals surface area (Å²) < 4.78 is 23.6. The predicted octanol–water partition coefficient (Wildman–Crippen LogP) is 2.40. The van der Waals surface area contributed by atoms with Gasteiger partial charge >= 0.3 is 0 Å². The number of rotatable bonds is 3. The van der Waals surface area contributed by atoms with Gasteiger partial charge in [-0.15, -0.1) is 0 Å². The summed E-state index contributed by atoms with van der Waals surface area (Å²) in [5.74, 6) is 0.627. The highest BCUT2D eigenvalue weighted by molar-refractivity contribution is 5.18. The molecule has 2 heterocycles. The van der Waals surface area contributed by atoms with Crippen molar-refractivity contribution in [1.29, 1.82) is 0 Å². The van der Waals surface area contributed by atoms with E-state index in [9.17, 15) is 4.39 Å². The Morgan fingerprint density at radius 2 is 2.25 bits per heavy atom. The van der Waals surface area contributed by atoms with Gasteiger partial charge in [-0.3, -0.25) is 0 Å². The van der Waals surface area contributed by atoms with Crippen molar-refractivity contribution in [3.8, 4) is 5.75 Å². The number of halogens is 1. The van der Waals surface area contributed by atoms with Gasteiger partial charge in [0.25, 0.3) is 5.95 Å². The van der Waals surface area contributed by atoms with Crippen LogP contribution in [0.3, 0.4) is 0 Å². The minimum Gasteiger partial charge on any atom is -0.479 e. The number of pyridine rings is 1. The van der Waals surface area contributed by atoms with Crippen LogP contribution in [-0.4, -0.2) is 9.97 Å². The number of nitrogens with zero attached hydrogens (tertiary/aromatic N) is 2. The van der Waals surface area contributed by atoms with E-state index in [1.165, 1.54) is 12.3 Å². The van der Waals surface area contributed by atoms with E-state index in [1.807, 2.05) is 13.8 Å². The van der Waals surface area contributed by atoms with E-state index in [0.717, 1.165) is 11.5 Å². The first kappa shape index (κ1) is 10.6. The van der Waals surface area contributed by atoms with Gasteiger partial charge in [0.2, 0.25) is 5.89 Å². The van der Waals surface area contributed by atoms with Crippen LogP contribution in [0.15, 0.2) is 22.7 Å². The lowest BCUT2D eigenvalue weighted by atomic mass is 10.4. The first-order valence-corrected chi connectivity index (χ1v) is 4.83. The molecule has 0 bridgehead atoms. The lowest BCUT2D eigenvalue weighted by Crippen LogP contribution is -1.98. The molecule has 84 valence electrons. The van der Waals surface area contributed by atoms with E-state index in [2.05, 4.69) is 9.97 Å². The first-order chi connectivity index (χ1) is 7.66. The molecule has 0 aliphatic heterocycles. The van der Waals surface area contributed by atoms with E-state index in [0.29, 0.717) is 5.89 Å². The summed E-state index contributed by atoms with van der Waals surface area (Å²) >= 11 is 0. The standard InChI is InChI=1S/C11H11FN2O2/c1-7-8(2)16-10(14-7)6-15-9-4-3-5-13-11(9)12/h3-5H,6H2,1-2H3. The Balaban J connectivity index is 2.05. The highest BCUT2D eigenvalue weighted by Gasteiger charge is 2.08. The molecule has 0 saturated carbocycles. The average molecular weight is 222 g/mol. The molecule has 2 aromatic heterocycles. The number of aromatic nitrogens is 2. The van der Waals surface area contributed by atoms with Crippen LogP contribution >= 0.6 is 0 Å². The highest BCUT2D eigenvalue weighted by atomic mass is 19.1. The van der Waals surface area contributed by atoms with Crippen molar-refractivity contribution in [2.24, 2.45) is 0 Å². The fourth-order valence-corrected chi connectivity index (χ4v) is 1.22. The quantitative estimate of drug-likeness (QED) is 0.748. The van der Waals surface area contributed by atoms with Crippen LogP contribution in [-0.2, 0) is 6.61 Å². The average Bonchev–Trinajstić information content (AvgIpc) is 2.57. The third kappa shape index (κ3) is 2.18. The molecule has 0 spiro atoms. The van der Waals surface area contributed by atoms with Crippen molar-refractivity contribution in [2.75, 3.05) is 0 Å². The van der Waals surface area contributed by atoms with E-state index in [4.69, 9.17) is 9.15 Å². The zero-order valence-electron chi connectivity index (χ0n) is 9.03. The van der Waals surface area contributed by atoms with Crippen molar-refractivity contribution in [1.82, 2.24) is 9.97 Å². The van der Waals surface area contributed by atoms with Gasteiger partial charge < -0.3 is 9.15 Å². The zero-order chi connectivity index (χ0) is 11.5. The molecule has 5 heteroatoms. The Morgan fingerprint density at radius 3 is 2.88 bits per heavy atom. The molecule has 0 aliphatic carbocycles. The van der Waals surface area contributed by atoms with Crippen LogP contribution in [0.25, 0.3) is 0 Å². The summed E-state index contributed by atoms with van der Waals surface area (Å²) in [4.78, 5) is 7.59. The minimum atomic E-state index is -0.637. The van der Waals surface area contributed by atoms with Crippen molar-refractivity contribution in [3.05, 3.63) is 41.6 Å². The largest absolute Gasteiger partial charge is 0.479 e. The van der Waals surface area contributed by atoms with Gasteiger partial charge in [0.05, 0.1) is 5.69 Å².